The summed E-state index contributed by atoms with van der Waals surface area (Å²) in [6, 6.07) is 5.47. The van der Waals surface area contributed by atoms with Crippen LogP contribution in [0.5, 0.6) is 0 Å². The maximum Gasteiger partial charge on any atom is 0.309 e. The van der Waals surface area contributed by atoms with Gasteiger partial charge < -0.3 is 10.1 Å². The van der Waals surface area contributed by atoms with Gasteiger partial charge in [-0.25, -0.2) is 0 Å². The quantitative estimate of drug-likeness (QED) is 0.817. The molecule has 1 aromatic carbocycles. The molecule has 0 saturated heterocycles. The highest BCUT2D eigenvalue weighted by atomic mass is 35.5. The Balaban J connectivity index is 2.37. The number of esters is 1. The van der Waals surface area contributed by atoms with E-state index < -0.39 is 0 Å². The zero-order chi connectivity index (χ0) is 13.5. The normalized spacial score (nSPS) is 12.2. The molecule has 1 unspecified atom stereocenters. The van der Waals surface area contributed by atoms with Gasteiger partial charge in [0.2, 0.25) is 0 Å². The van der Waals surface area contributed by atoms with E-state index in [1.54, 1.807) is 13.0 Å². The molecule has 1 rings (SSSR count). The fourth-order valence-corrected chi connectivity index (χ4v) is 1.77. The lowest BCUT2D eigenvalue weighted by Gasteiger charge is -2.11. The van der Waals surface area contributed by atoms with E-state index in [0.717, 1.165) is 5.56 Å². The molecule has 1 atom stereocenters. The monoisotopic (exact) mass is 289 g/mol. The van der Waals surface area contributed by atoms with Gasteiger partial charge in [-0.2, -0.15) is 0 Å². The van der Waals surface area contributed by atoms with Crippen LogP contribution in [0.1, 0.15) is 19.4 Å². The van der Waals surface area contributed by atoms with Crippen LogP contribution in [0.4, 0.5) is 0 Å². The molecule has 0 saturated carbocycles. The van der Waals surface area contributed by atoms with Gasteiger partial charge in [0, 0.05) is 13.1 Å². The second kappa shape index (κ2) is 7.62. The van der Waals surface area contributed by atoms with Crippen LogP contribution in [0.3, 0.4) is 0 Å². The first-order valence-electron chi connectivity index (χ1n) is 5.85. The maximum atomic E-state index is 11.4. The van der Waals surface area contributed by atoms with Crippen molar-refractivity contribution < 1.29 is 9.53 Å². The van der Waals surface area contributed by atoms with Crippen LogP contribution in [0.15, 0.2) is 18.2 Å². The summed E-state index contributed by atoms with van der Waals surface area (Å²) >= 11 is 11.7. The van der Waals surface area contributed by atoms with Gasteiger partial charge in [-0.1, -0.05) is 36.2 Å². The van der Waals surface area contributed by atoms with Gasteiger partial charge in [-0.3, -0.25) is 4.79 Å². The minimum absolute atomic E-state index is 0.160. The van der Waals surface area contributed by atoms with Crippen molar-refractivity contribution in [3.8, 4) is 0 Å². The largest absolute Gasteiger partial charge is 0.466 e. The number of hydrogen-bond donors (Lipinski definition) is 1. The molecule has 0 bridgehead atoms. The third-order valence-corrected chi connectivity index (χ3v) is 3.19. The molecular formula is C13H17Cl2NO2. The highest BCUT2D eigenvalue weighted by Gasteiger charge is 2.12. The summed E-state index contributed by atoms with van der Waals surface area (Å²) in [7, 11) is 0. The number of halogens is 2. The molecule has 0 aliphatic carbocycles. The van der Waals surface area contributed by atoms with Crippen molar-refractivity contribution in [3.63, 3.8) is 0 Å². The lowest BCUT2D eigenvalue weighted by molar-refractivity contribution is -0.147. The van der Waals surface area contributed by atoms with Crippen LogP contribution in [0.25, 0.3) is 0 Å². The predicted molar refractivity (Wildman–Crippen MR) is 74.0 cm³/mol. The number of carbonyl (C=O) groups is 1. The Kier molecular flexibility index (Phi) is 6.47. The molecule has 0 heterocycles. The van der Waals surface area contributed by atoms with Crippen molar-refractivity contribution in [1.29, 1.82) is 0 Å². The summed E-state index contributed by atoms with van der Waals surface area (Å²) in [6.07, 6.45) is 0. The minimum atomic E-state index is -0.181. The summed E-state index contributed by atoms with van der Waals surface area (Å²) in [5, 5.41) is 4.26. The van der Waals surface area contributed by atoms with E-state index in [9.17, 15) is 4.79 Å². The van der Waals surface area contributed by atoms with Gasteiger partial charge >= 0.3 is 5.97 Å². The molecular weight excluding hydrogens is 273 g/mol. The number of rotatable bonds is 6. The van der Waals surface area contributed by atoms with Gasteiger partial charge in [-0.05, 0) is 24.6 Å². The Morgan fingerprint density at radius 2 is 2.11 bits per heavy atom. The van der Waals surface area contributed by atoms with Crippen molar-refractivity contribution in [2.45, 2.75) is 20.4 Å². The summed E-state index contributed by atoms with van der Waals surface area (Å²) < 4.78 is 4.92. The van der Waals surface area contributed by atoms with Gasteiger partial charge in [0.25, 0.3) is 0 Å². The lowest BCUT2D eigenvalue weighted by atomic mass is 10.1. The smallest absolute Gasteiger partial charge is 0.309 e. The molecule has 0 spiro atoms. The SMILES string of the molecule is CCOC(=O)C(C)CNCc1ccc(Cl)c(Cl)c1. The predicted octanol–water partition coefficient (Wildman–Crippen LogP) is 3.28. The van der Waals surface area contributed by atoms with Gasteiger partial charge in [0.1, 0.15) is 0 Å². The molecule has 1 N–H and O–H groups in total. The maximum absolute atomic E-state index is 11.4. The Bertz CT molecular complexity index is 410. The number of nitrogens with one attached hydrogen (secondary N) is 1. The van der Waals surface area contributed by atoms with Crippen molar-refractivity contribution in [2.24, 2.45) is 5.92 Å². The van der Waals surface area contributed by atoms with Crippen LogP contribution in [0, 0.1) is 5.92 Å². The molecule has 5 heteroatoms. The lowest BCUT2D eigenvalue weighted by Crippen LogP contribution is -2.27. The fraction of sp³-hybridized carbons (Fsp3) is 0.462. The Morgan fingerprint density at radius 1 is 1.39 bits per heavy atom. The van der Waals surface area contributed by atoms with E-state index in [4.69, 9.17) is 27.9 Å². The Labute approximate surface area is 117 Å². The molecule has 1 aromatic rings. The molecule has 0 aromatic heterocycles. The van der Waals surface area contributed by atoms with Gasteiger partial charge in [0.05, 0.1) is 22.6 Å². The van der Waals surface area contributed by atoms with E-state index in [2.05, 4.69) is 5.32 Å². The van der Waals surface area contributed by atoms with Crippen LogP contribution in [-0.2, 0) is 16.1 Å². The first-order chi connectivity index (χ1) is 8.54. The van der Waals surface area contributed by atoms with E-state index in [1.165, 1.54) is 0 Å². The fourth-order valence-electron chi connectivity index (χ4n) is 1.45. The van der Waals surface area contributed by atoms with Crippen molar-refractivity contribution in [2.75, 3.05) is 13.2 Å². The molecule has 0 fully saturated rings. The molecule has 0 aliphatic rings. The number of ether oxygens (including phenoxy) is 1. The Morgan fingerprint density at radius 3 is 2.72 bits per heavy atom. The molecule has 0 radical (unpaired) electrons. The standard InChI is InChI=1S/C13H17Cl2NO2/c1-3-18-13(17)9(2)7-16-8-10-4-5-11(14)12(15)6-10/h4-6,9,16H,3,7-8H2,1-2H3. The minimum Gasteiger partial charge on any atom is -0.466 e. The number of hydrogen-bond acceptors (Lipinski definition) is 3. The summed E-state index contributed by atoms with van der Waals surface area (Å²) in [6.45, 7) is 5.25. The van der Waals surface area contributed by atoms with E-state index in [1.807, 2.05) is 19.1 Å². The van der Waals surface area contributed by atoms with Crippen LogP contribution in [0.2, 0.25) is 10.0 Å². The average molecular weight is 290 g/mol. The highest BCUT2D eigenvalue weighted by molar-refractivity contribution is 6.42. The number of carbonyl (C=O) groups excluding carboxylic acids is 1. The highest BCUT2D eigenvalue weighted by Crippen LogP contribution is 2.22. The zero-order valence-electron chi connectivity index (χ0n) is 10.5. The van der Waals surface area contributed by atoms with Crippen LogP contribution >= 0.6 is 23.2 Å². The first kappa shape index (κ1) is 15.3. The molecule has 100 valence electrons. The second-order valence-corrected chi connectivity index (χ2v) is 4.85. The van der Waals surface area contributed by atoms with E-state index in [-0.39, 0.29) is 11.9 Å². The summed E-state index contributed by atoms with van der Waals surface area (Å²) in [5.74, 6) is -0.341. The molecule has 0 amide bonds. The van der Waals surface area contributed by atoms with E-state index >= 15 is 0 Å². The average Bonchev–Trinajstić information content (AvgIpc) is 2.34. The first-order valence-corrected chi connectivity index (χ1v) is 6.61. The van der Waals surface area contributed by atoms with Crippen molar-refractivity contribution in [1.82, 2.24) is 5.32 Å². The van der Waals surface area contributed by atoms with Gasteiger partial charge in [-0.15, -0.1) is 0 Å². The second-order valence-electron chi connectivity index (χ2n) is 4.03. The third kappa shape index (κ3) is 4.84. The molecule has 0 aliphatic heterocycles. The van der Waals surface area contributed by atoms with Crippen molar-refractivity contribution in [3.05, 3.63) is 33.8 Å². The van der Waals surface area contributed by atoms with Crippen LogP contribution in [-0.4, -0.2) is 19.1 Å². The van der Waals surface area contributed by atoms with Crippen LogP contribution < -0.4 is 5.32 Å². The molecule has 18 heavy (non-hydrogen) atoms. The third-order valence-electron chi connectivity index (χ3n) is 2.45. The zero-order valence-corrected chi connectivity index (χ0v) is 12.0. The number of benzene rings is 1. The van der Waals surface area contributed by atoms with E-state index in [0.29, 0.717) is 29.7 Å². The van der Waals surface area contributed by atoms with Crippen molar-refractivity contribution >= 4 is 29.2 Å². The summed E-state index contributed by atoms with van der Waals surface area (Å²) in [4.78, 5) is 11.4. The summed E-state index contributed by atoms with van der Waals surface area (Å²) in [5.41, 5.74) is 1.03. The molecule has 3 nitrogen and oxygen atoms in total. The Hall–Kier alpha value is -0.770. The topological polar surface area (TPSA) is 38.3 Å². The van der Waals surface area contributed by atoms with Gasteiger partial charge in [0.15, 0.2) is 0 Å².